The summed E-state index contributed by atoms with van der Waals surface area (Å²) in [5.41, 5.74) is 6.76. The summed E-state index contributed by atoms with van der Waals surface area (Å²) in [6.45, 7) is 9.42. The maximum Gasteiger partial charge on any atom is 0.255 e. The van der Waals surface area contributed by atoms with Crippen LogP contribution in [0.25, 0.3) is 11.3 Å². The van der Waals surface area contributed by atoms with E-state index in [-0.39, 0.29) is 5.91 Å². The molecule has 3 aromatic heterocycles. The molecule has 1 fully saturated rings. The van der Waals surface area contributed by atoms with Crippen molar-refractivity contribution in [1.29, 1.82) is 0 Å². The van der Waals surface area contributed by atoms with Gasteiger partial charge >= 0.3 is 0 Å². The predicted octanol–water partition coefficient (Wildman–Crippen LogP) is 5.75. The molecule has 0 saturated carbocycles. The molecule has 1 amide bonds. The molecule has 1 aliphatic heterocycles. The molecular formula is C30H33N7O. The number of amides is 1. The second-order valence-corrected chi connectivity index (χ2v) is 9.81. The number of likely N-dealkylation sites (N-methyl/N-ethyl adjacent to an activating group) is 1. The molecule has 0 bridgehead atoms. The third kappa shape index (κ3) is 6.03. The Kier molecular flexibility index (Phi) is 7.70. The van der Waals surface area contributed by atoms with Gasteiger partial charge in [-0.2, -0.15) is 0 Å². The van der Waals surface area contributed by atoms with E-state index in [2.05, 4.69) is 55.4 Å². The number of aryl methyl sites for hydroxylation is 2. The Morgan fingerprint density at radius 2 is 1.97 bits per heavy atom. The highest BCUT2D eigenvalue weighted by molar-refractivity contribution is 6.04. The zero-order chi connectivity index (χ0) is 26.5. The summed E-state index contributed by atoms with van der Waals surface area (Å²) in [7, 11) is 0. The number of likely N-dealkylation sites (tertiary alicyclic amines) is 1. The third-order valence-corrected chi connectivity index (χ3v) is 6.99. The maximum atomic E-state index is 13.3. The van der Waals surface area contributed by atoms with Crippen molar-refractivity contribution >= 4 is 23.2 Å². The van der Waals surface area contributed by atoms with Gasteiger partial charge in [-0.3, -0.25) is 14.8 Å². The Labute approximate surface area is 223 Å². The lowest BCUT2D eigenvalue weighted by Crippen LogP contribution is -2.34. The average Bonchev–Trinajstić information content (AvgIpc) is 2.95. The fraction of sp³-hybridized carbons (Fsp3) is 0.300. The number of rotatable bonds is 7. The van der Waals surface area contributed by atoms with Crippen LogP contribution in [0.15, 0.2) is 67.3 Å². The second kappa shape index (κ2) is 11.5. The first-order valence-corrected chi connectivity index (χ1v) is 13.1. The van der Waals surface area contributed by atoms with Crippen LogP contribution in [-0.2, 0) is 0 Å². The van der Waals surface area contributed by atoms with Gasteiger partial charge in [0.15, 0.2) is 0 Å². The summed E-state index contributed by atoms with van der Waals surface area (Å²) in [4.78, 5) is 33.4. The van der Waals surface area contributed by atoms with Gasteiger partial charge in [0.2, 0.25) is 5.95 Å². The molecule has 1 aromatic carbocycles. The van der Waals surface area contributed by atoms with Crippen LogP contribution in [0.1, 0.15) is 52.9 Å². The molecule has 38 heavy (non-hydrogen) atoms. The molecule has 1 aliphatic rings. The number of hydrogen-bond donors (Lipinski definition) is 2. The van der Waals surface area contributed by atoms with Crippen molar-refractivity contribution in [2.45, 2.75) is 39.5 Å². The van der Waals surface area contributed by atoms with Gasteiger partial charge in [-0.25, -0.2) is 9.97 Å². The van der Waals surface area contributed by atoms with Crippen molar-refractivity contribution in [1.82, 2.24) is 24.8 Å². The van der Waals surface area contributed by atoms with Crippen molar-refractivity contribution in [3.63, 3.8) is 0 Å². The van der Waals surface area contributed by atoms with E-state index >= 15 is 0 Å². The Hall–Kier alpha value is -4.17. The normalized spacial score (nSPS) is 15.7. The smallest absolute Gasteiger partial charge is 0.255 e. The van der Waals surface area contributed by atoms with Crippen LogP contribution in [0.3, 0.4) is 0 Å². The van der Waals surface area contributed by atoms with E-state index in [9.17, 15) is 4.79 Å². The maximum absolute atomic E-state index is 13.3. The van der Waals surface area contributed by atoms with Crippen LogP contribution in [0, 0.1) is 13.8 Å². The van der Waals surface area contributed by atoms with Crippen molar-refractivity contribution in [3.8, 4) is 11.3 Å². The molecule has 8 heteroatoms. The van der Waals surface area contributed by atoms with Gasteiger partial charge in [-0.15, -0.1) is 0 Å². The highest BCUT2D eigenvalue weighted by Gasteiger charge is 2.22. The first-order valence-electron chi connectivity index (χ1n) is 13.1. The predicted molar refractivity (Wildman–Crippen MR) is 151 cm³/mol. The number of piperidine rings is 1. The van der Waals surface area contributed by atoms with Crippen LogP contribution in [0.4, 0.5) is 17.3 Å². The van der Waals surface area contributed by atoms with Crippen LogP contribution in [-0.4, -0.2) is 50.4 Å². The zero-order valence-corrected chi connectivity index (χ0v) is 22.1. The van der Waals surface area contributed by atoms with E-state index in [0.29, 0.717) is 23.1 Å². The fourth-order valence-corrected chi connectivity index (χ4v) is 4.94. The molecule has 4 heterocycles. The number of nitrogens with one attached hydrogen (secondary N) is 2. The average molecular weight is 508 g/mol. The number of anilines is 3. The minimum Gasteiger partial charge on any atom is -0.322 e. The SMILES string of the molecule is CCN1CCCC(c2cc(C)cc(C(=O)Nc3cnc(C)c(Nc4nccc(-c5cccnc5)n4)c3)c2)C1. The molecule has 0 spiro atoms. The monoisotopic (exact) mass is 507 g/mol. The Balaban J connectivity index is 1.33. The summed E-state index contributed by atoms with van der Waals surface area (Å²) in [6.07, 6.45) is 9.21. The summed E-state index contributed by atoms with van der Waals surface area (Å²) in [6, 6.07) is 13.7. The lowest BCUT2D eigenvalue weighted by atomic mass is 9.88. The summed E-state index contributed by atoms with van der Waals surface area (Å²) < 4.78 is 0. The third-order valence-electron chi connectivity index (χ3n) is 6.99. The Bertz CT molecular complexity index is 1420. The van der Waals surface area contributed by atoms with Crippen molar-refractivity contribution in [3.05, 3.63) is 89.6 Å². The second-order valence-electron chi connectivity index (χ2n) is 9.81. The fourth-order valence-electron chi connectivity index (χ4n) is 4.94. The van der Waals surface area contributed by atoms with Crippen LogP contribution >= 0.6 is 0 Å². The molecule has 8 nitrogen and oxygen atoms in total. The van der Waals surface area contributed by atoms with E-state index < -0.39 is 0 Å². The summed E-state index contributed by atoms with van der Waals surface area (Å²) in [5, 5.41) is 6.27. The molecule has 1 atom stereocenters. The van der Waals surface area contributed by atoms with Gasteiger partial charge in [0, 0.05) is 36.3 Å². The molecule has 2 N–H and O–H groups in total. The Morgan fingerprint density at radius 1 is 1.08 bits per heavy atom. The van der Waals surface area contributed by atoms with Crippen molar-refractivity contribution in [2.75, 3.05) is 30.3 Å². The number of aromatic nitrogens is 4. The van der Waals surface area contributed by atoms with Crippen molar-refractivity contribution < 1.29 is 4.79 Å². The number of hydrogen-bond acceptors (Lipinski definition) is 7. The topological polar surface area (TPSA) is 95.9 Å². The van der Waals surface area contributed by atoms with E-state index in [1.807, 2.05) is 43.3 Å². The number of carbonyl (C=O) groups excluding carboxylic acids is 1. The minimum atomic E-state index is -0.149. The molecule has 5 rings (SSSR count). The summed E-state index contributed by atoms with van der Waals surface area (Å²) in [5.74, 6) is 0.746. The van der Waals surface area contributed by atoms with Gasteiger partial charge in [0.1, 0.15) is 0 Å². The molecule has 1 unspecified atom stereocenters. The lowest BCUT2D eigenvalue weighted by Gasteiger charge is -2.32. The lowest BCUT2D eigenvalue weighted by molar-refractivity contribution is 0.102. The van der Waals surface area contributed by atoms with E-state index in [1.165, 1.54) is 12.0 Å². The van der Waals surface area contributed by atoms with Gasteiger partial charge in [-0.05, 0) is 87.7 Å². The van der Waals surface area contributed by atoms with Gasteiger partial charge in [0.05, 0.1) is 29.0 Å². The molecular weight excluding hydrogens is 474 g/mol. The minimum absolute atomic E-state index is 0.149. The standard InChI is InChI=1S/C30H33N7O/c1-4-37-12-6-8-23(19-37)24-13-20(2)14-25(15-24)29(38)34-26-16-28(21(3)33-18-26)36-30-32-11-9-27(35-30)22-7-5-10-31-17-22/h5,7,9-11,13-18,23H,4,6,8,12,19H2,1-3H3,(H,34,38)(H,32,35,36). The molecule has 0 radical (unpaired) electrons. The van der Waals surface area contributed by atoms with Crippen LogP contribution in [0.2, 0.25) is 0 Å². The number of nitrogens with zero attached hydrogens (tertiary/aromatic N) is 5. The van der Waals surface area contributed by atoms with Gasteiger partial charge < -0.3 is 15.5 Å². The van der Waals surface area contributed by atoms with E-state index in [1.54, 1.807) is 24.8 Å². The molecule has 194 valence electrons. The molecule has 1 saturated heterocycles. The first kappa shape index (κ1) is 25.5. The van der Waals surface area contributed by atoms with Crippen molar-refractivity contribution in [2.24, 2.45) is 0 Å². The first-order chi connectivity index (χ1) is 18.5. The van der Waals surface area contributed by atoms with E-state index in [4.69, 9.17) is 0 Å². The number of pyridine rings is 2. The largest absolute Gasteiger partial charge is 0.322 e. The highest BCUT2D eigenvalue weighted by Crippen LogP contribution is 2.29. The highest BCUT2D eigenvalue weighted by atomic mass is 16.1. The quantitative estimate of drug-likeness (QED) is 0.329. The van der Waals surface area contributed by atoms with Gasteiger partial charge in [-0.1, -0.05) is 18.6 Å². The summed E-state index contributed by atoms with van der Waals surface area (Å²) >= 11 is 0. The van der Waals surface area contributed by atoms with Gasteiger partial charge in [0.25, 0.3) is 5.91 Å². The number of carbonyl (C=O) groups is 1. The number of benzene rings is 1. The Morgan fingerprint density at radius 3 is 2.79 bits per heavy atom. The molecule has 0 aliphatic carbocycles. The molecule has 4 aromatic rings. The van der Waals surface area contributed by atoms with E-state index in [0.717, 1.165) is 54.3 Å². The van der Waals surface area contributed by atoms with Crippen LogP contribution in [0.5, 0.6) is 0 Å². The van der Waals surface area contributed by atoms with Crippen LogP contribution < -0.4 is 10.6 Å². The zero-order valence-electron chi connectivity index (χ0n) is 22.1.